The van der Waals surface area contributed by atoms with E-state index in [1.54, 1.807) is 4.90 Å². The first kappa shape index (κ1) is 21.0. The molecule has 6 heteroatoms. The van der Waals surface area contributed by atoms with Crippen molar-refractivity contribution >= 4 is 22.9 Å². The summed E-state index contributed by atoms with van der Waals surface area (Å²) in [6, 6.07) is 10.1. The van der Waals surface area contributed by atoms with Gasteiger partial charge in [0.05, 0.1) is 5.69 Å². The van der Waals surface area contributed by atoms with E-state index in [4.69, 9.17) is 4.99 Å². The Morgan fingerprint density at radius 1 is 1.19 bits per heavy atom. The first-order chi connectivity index (χ1) is 15.5. The normalized spacial score (nSPS) is 23.5. The lowest BCUT2D eigenvalue weighted by atomic mass is 9.77. The van der Waals surface area contributed by atoms with Crippen molar-refractivity contribution in [3.63, 3.8) is 0 Å². The van der Waals surface area contributed by atoms with Crippen LogP contribution in [0.15, 0.2) is 58.5 Å². The van der Waals surface area contributed by atoms with E-state index in [1.165, 1.54) is 11.8 Å². The average molecular weight is 432 g/mol. The summed E-state index contributed by atoms with van der Waals surface area (Å²) in [6.07, 6.45) is 6.68. The summed E-state index contributed by atoms with van der Waals surface area (Å²) in [5.74, 6) is 0.934. The number of nitrogens with one attached hydrogen (secondary N) is 1. The molecule has 4 heterocycles. The number of aliphatic imine (C=N–C) groups is 2. The molecule has 32 heavy (non-hydrogen) atoms. The predicted octanol–water partition coefficient (Wildman–Crippen LogP) is 5.40. The van der Waals surface area contributed by atoms with Gasteiger partial charge in [0.25, 0.3) is 0 Å². The molecule has 0 spiro atoms. The van der Waals surface area contributed by atoms with Gasteiger partial charge < -0.3 is 10.2 Å². The zero-order valence-electron chi connectivity index (χ0n) is 19.0. The van der Waals surface area contributed by atoms with Gasteiger partial charge in [-0.15, -0.1) is 0 Å². The number of hydrogen-bond acceptors (Lipinski definition) is 5. The summed E-state index contributed by atoms with van der Waals surface area (Å²) in [6.45, 7) is 8.90. The van der Waals surface area contributed by atoms with E-state index in [9.17, 15) is 0 Å². The van der Waals surface area contributed by atoms with Crippen molar-refractivity contribution < 1.29 is 4.39 Å². The number of halogens is 1. The lowest BCUT2D eigenvalue weighted by Crippen LogP contribution is -2.27. The van der Waals surface area contributed by atoms with Gasteiger partial charge in [0.15, 0.2) is 5.83 Å². The molecule has 1 aromatic heterocycles. The van der Waals surface area contributed by atoms with E-state index < -0.39 is 0 Å². The molecule has 5 nitrogen and oxygen atoms in total. The quantitative estimate of drug-likeness (QED) is 0.705. The highest BCUT2D eigenvalue weighted by molar-refractivity contribution is 6.13. The molecule has 1 atom stereocenters. The van der Waals surface area contributed by atoms with Gasteiger partial charge in [0, 0.05) is 29.1 Å². The maximum absolute atomic E-state index is 15.2. The number of nitrogens with zero attached hydrogens (tertiary/aromatic N) is 4. The molecular weight excluding hydrogens is 401 g/mol. The van der Waals surface area contributed by atoms with Crippen LogP contribution in [0.1, 0.15) is 62.6 Å². The second-order valence-electron chi connectivity index (χ2n) is 9.18. The van der Waals surface area contributed by atoms with Crippen LogP contribution in [-0.4, -0.2) is 36.2 Å². The molecule has 3 aliphatic rings. The smallest absolute Gasteiger partial charge is 0.165 e. The third kappa shape index (κ3) is 3.56. The first-order valence-corrected chi connectivity index (χ1v) is 11.6. The van der Waals surface area contributed by atoms with E-state index >= 15 is 4.39 Å². The van der Waals surface area contributed by atoms with E-state index in [1.807, 2.05) is 24.4 Å². The fourth-order valence-corrected chi connectivity index (χ4v) is 4.96. The summed E-state index contributed by atoms with van der Waals surface area (Å²) in [7, 11) is 0. The third-order valence-electron chi connectivity index (χ3n) is 7.41. The van der Waals surface area contributed by atoms with Gasteiger partial charge in [-0.3, -0.25) is 9.98 Å². The Bertz CT molecular complexity index is 1110. The van der Waals surface area contributed by atoms with E-state index in [2.05, 4.69) is 48.2 Å². The number of pyridine rings is 1. The van der Waals surface area contributed by atoms with Crippen molar-refractivity contribution in [2.45, 2.75) is 51.4 Å². The second kappa shape index (κ2) is 8.24. The van der Waals surface area contributed by atoms with Gasteiger partial charge in [0.2, 0.25) is 0 Å². The van der Waals surface area contributed by atoms with Crippen molar-refractivity contribution in [3.05, 3.63) is 65.2 Å². The van der Waals surface area contributed by atoms with Crippen molar-refractivity contribution in [2.24, 2.45) is 9.98 Å². The van der Waals surface area contributed by atoms with Gasteiger partial charge in [0.1, 0.15) is 18.2 Å². The largest absolute Gasteiger partial charge is 0.317 e. The van der Waals surface area contributed by atoms with Crippen LogP contribution in [0.5, 0.6) is 0 Å². The fraction of sp³-hybridized carbons (Fsp3) is 0.423. The molecule has 5 rings (SSSR count). The summed E-state index contributed by atoms with van der Waals surface area (Å²) in [5, 5.41) is 3.39. The Kier molecular flexibility index (Phi) is 5.41. The highest BCUT2D eigenvalue weighted by atomic mass is 19.1. The Hall–Kier alpha value is -2.86. The number of fused-ring (bicyclic) bond motifs is 1. The summed E-state index contributed by atoms with van der Waals surface area (Å²) in [5.41, 5.74) is 5.61. The van der Waals surface area contributed by atoms with Crippen LogP contribution in [0, 0.1) is 0 Å². The minimum atomic E-state index is -0.339. The van der Waals surface area contributed by atoms with E-state index in [0.717, 1.165) is 60.7 Å². The molecule has 2 aromatic rings. The van der Waals surface area contributed by atoms with Crippen LogP contribution < -0.4 is 10.2 Å². The molecule has 1 N–H and O–H groups in total. The minimum absolute atomic E-state index is 0.104. The number of hydrogen-bond donors (Lipinski definition) is 1. The maximum atomic E-state index is 15.2. The van der Waals surface area contributed by atoms with Crippen LogP contribution in [0.4, 0.5) is 15.9 Å². The number of benzene rings is 1. The standard InChI is InChI=1S/C26H30FN5/c1-4-26(3)17(2)31-23-7-5-19(13-21(23)26)25-22(27)15-32(16-30-25)24-8-6-20(14-29-24)18-9-11-28-12-10-18/h5-8,13-15,18,28H,4,9-12,16H2,1-3H3. The zero-order valence-corrected chi connectivity index (χ0v) is 19.0. The summed E-state index contributed by atoms with van der Waals surface area (Å²) >= 11 is 0. The van der Waals surface area contributed by atoms with Gasteiger partial charge >= 0.3 is 0 Å². The van der Waals surface area contributed by atoms with Gasteiger partial charge in [-0.1, -0.05) is 26.0 Å². The molecule has 0 aliphatic carbocycles. The SMILES string of the molecule is CCC1(C)C(C)=Nc2ccc(C3=NCN(c4ccc(C5CCNCC5)cn4)C=C3F)cc21. The molecule has 1 unspecified atom stereocenters. The fourth-order valence-electron chi connectivity index (χ4n) is 4.96. The lowest BCUT2D eigenvalue weighted by Gasteiger charge is -2.26. The van der Waals surface area contributed by atoms with Gasteiger partial charge in [-0.05, 0) is 74.5 Å². The molecule has 166 valence electrons. The number of allylic oxidation sites excluding steroid dienone is 1. The molecule has 0 amide bonds. The zero-order chi connectivity index (χ0) is 22.3. The maximum Gasteiger partial charge on any atom is 0.165 e. The monoisotopic (exact) mass is 431 g/mol. The molecule has 3 aliphatic heterocycles. The molecule has 1 fully saturated rings. The Labute approximate surface area is 189 Å². The first-order valence-electron chi connectivity index (χ1n) is 11.6. The van der Waals surface area contributed by atoms with Crippen LogP contribution >= 0.6 is 0 Å². The van der Waals surface area contributed by atoms with Crippen molar-refractivity contribution in [1.82, 2.24) is 10.3 Å². The van der Waals surface area contributed by atoms with E-state index in [-0.39, 0.29) is 11.2 Å². The third-order valence-corrected chi connectivity index (χ3v) is 7.41. The average Bonchev–Trinajstić information content (AvgIpc) is 3.09. The van der Waals surface area contributed by atoms with Gasteiger partial charge in [-0.2, -0.15) is 0 Å². The van der Waals surface area contributed by atoms with Crippen molar-refractivity contribution in [2.75, 3.05) is 24.7 Å². The number of piperidine rings is 1. The van der Waals surface area contributed by atoms with E-state index in [0.29, 0.717) is 18.3 Å². The minimum Gasteiger partial charge on any atom is -0.317 e. The van der Waals surface area contributed by atoms with Gasteiger partial charge in [-0.25, -0.2) is 9.37 Å². The van der Waals surface area contributed by atoms with Crippen LogP contribution in [0.2, 0.25) is 0 Å². The molecule has 0 radical (unpaired) electrons. The lowest BCUT2D eigenvalue weighted by molar-refractivity contribution is 0.459. The summed E-state index contributed by atoms with van der Waals surface area (Å²) < 4.78 is 15.2. The Morgan fingerprint density at radius 3 is 2.69 bits per heavy atom. The van der Waals surface area contributed by atoms with Crippen LogP contribution in [0.3, 0.4) is 0 Å². The number of anilines is 1. The number of rotatable bonds is 4. The molecule has 0 saturated carbocycles. The predicted molar refractivity (Wildman–Crippen MR) is 129 cm³/mol. The summed E-state index contributed by atoms with van der Waals surface area (Å²) in [4.78, 5) is 15.7. The molecule has 1 saturated heterocycles. The molecular formula is C26H30FN5. The van der Waals surface area contributed by atoms with Crippen molar-refractivity contribution in [1.29, 1.82) is 0 Å². The topological polar surface area (TPSA) is 52.9 Å². The number of aromatic nitrogens is 1. The highest BCUT2D eigenvalue weighted by Crippen LogP contribution is 2.43. The highest BCUT2D eigenvalue weighted by Gasteiger charge is 2.35. The Balaban J connectivity index is 1.35. The molecule has 0 bridgehead atoms. The second-order valence-corrected chi connectivity index (χ2v) is 9.18. The molecule has 1 aromatic carbocycles. The van der Waals surface area contributed by atoms with Crippen LogP contribution in [0.25, 0.3) is 0 Å². The van der Waals surface area contributed by atoms with Crippen molar-refractivity contribution in [3.8, 4) is 0 Å². The Morgan fingerprint density at radius 2 is 2.00 bits per heavy atom. The van der Waals surface area contributed by atoms with Crippen LogP contribution in [-0.2, 0) is 5.41 Å².